The van der Waals surface area contributed by atoms with E-state index in [-0.39, 0.29) is 0 Å². The van der Waals surface area contributed by atoms with E-state index >= 15 is 0 Å². The number of benzene rings is 6. The third-order valence-corrected chi connectivity index (χ3v) is 8.46. The Morgan fingerprint density at radius 1 is 0.261 bits per heavy atom. The molecule has 0 spiro atoms. The minimum atomic E-state index is 0.954. The molecule has 46 heavy (non-hydrogen) atoms. The lowest BCUT2D eigenvalue weighted by Crippen LogP contribution is -1.93. The molecule has 0 bridgehead atoms. The maximum atomic E-state index is 5.13. The Labute approximate surface area is 269 Å². The summed E-state index contributed by atoms with van der Waals surface area (Å²) in [6.07, 6.45) is 0. The van der Waals surface area contributed by atoms with Gasteiger partial charge in [0.25, 0.3) is 0 Å². The summed E-state index contributed by atoms with van der Waals surface area (Å²) in [4.78, 5) is 10.2. The smallest absolute Gasteiger partial charge is 0.0716 e. The molecule has 0 radical (unpaired) electrons. The summed E-state index contributed by atoms with van der Waals surface area (Å²) in [6, 6.07) is 63.9. The van der Waals surface area contributed by atoms with Gasteiger partial charge in [0, 0.05) is 22.1 Å². The Morgan fingerprint density at radius 2 is 0.717 bits per heavy atom. The van der Waals surface area contributed by atoms with Crippen molar-refractivity contribution < 1.29 is 0 Å². The van der Waals surface area contributed by atoms with Gasteiger partial charge < -0.3 is 0 Å². The maximum absolute atomic E-state index is 5.13. The molecule has 2 nitrogen and oxygen atoms in total. The first kappa shape index (κ1) is 27.4. The van der Waals surface area contributed by atoms with Gasteiger partial charge in [0.15, 0.2) is 0 Å². The summed E-state index contributed by atoms with van der Waals surface area (Å²) in [5.41, 5.74) is 14.1. The van der Waals surface area contributed by atoms with Gasteiger partial charge in [-0.05, 0) is 69.8 Å². The molecule has 0 fully saturated rings. The first-order valence-corrected chi connectivity index (χ1v) is 15.6. The van der Waals surface area contributed by atoms with Crippen LogP contribution in [-0.4, -0.2) is 9.97 Å². The fourth-order valence-electron chi connectivity index (χ4n) is 6.11. The van der Waals surface area contributed by atoms with Gasteiger partial charge in [-0.2, -0.15) is 0 Å². The van der Waals surface area contributed by atoms with Crippen molar-refractivity contribution in [2.75, 3.05) is 0 Å². The number of pyridine rings is 2. The number of fused-ring (bicyclic) bond motifs is 1. The SMILES string of the molecule is c1ccc(-c2ccc3nc(-c4ccccc4)cc(-c4cccc(-c5cc(-c6ccccc6)nc(-c6ccccc6)c5)c4)c3c2)cc1. The first-order valence-electron chi connectivity index (χ1n) is 15.6. The average Bonchev–Trinajstić information content (AvgIpc) is 3.15. The van der Waals surface area contributed by atoms with Crippen molar-refractivity contribution in [2.45, 2.75) is 0 Å². The molecule has 2 heterocycles. The molecule has 0 atom stereocenters. The highest BCUT2D eigenvalue weighted by Crippen LogP contribution is 2.37. The van der Waals surface area contributed by atoms with Crippen LogP contribution in [0.5, 0.6) is 0 Å². The van der Waals surface area contributed by atoms with E-state index in [1.165, 1.54) is 11.1 Å². The van der Waals surface area contributed by atoms with Gasteiger partial charge in [-0.1, -0.05) is 146 Å². The molecule has 0 aliphatic rings. The molecule has 8 rings (SSSR count). The van der Waals surface area contributed by atoms with Crippen LogP contribution in [0.25, 0.3) is 78.1 Å². The van der Waals surface area contributed by atoms with Crippen molar-refractivity contribution in [3.05, 3.63) is 182 Å². The molecular weight excluding hydrogens is 556 g/mol. The monoisotopic (exact) mass is 586 g/mol. The van der Waals surface area contributed by atoms with E-state index < -0.39 is 0 Å². The van der Waals surface area contributed by atoms with Crippen LogP contribution in [0.2, 0.25) is 0 Å². The Hall–Kier alpha value is -6.12. The van der Waals surface area contributed by atoms with Gasteiger partial charge in [-0.25, -0.2) is 9.97 Å². The molecular formula is C44H30N2. The number of hydrogen-bond acceptors (Lipinski definition) is 2. The van der Waals surface area contributed by atoms with Crippen LogP contribution in [0.4, 0.5) is 0 Å². The lowest BCUT2D eigenvalue weighted by Gasteiger charge is -2.14. The van der Waals surface area contributed by atoms with Crippen molar-refractivity contribution in [1.29, 1.82) is 0 Å². The predicted molar refractivity (Wildman–Crippen MR) is 192 cm³/mol. The predicted octanol–water partition coefficient (Wildman–Crippen LogP) is 11.6. The topological polar surface area (TPSA) is 25.8 Å². The summed E-state index contributed by atoms with van der Waals surface area (Å²) in [5.74, 6) is 0. The van der Waals surface area contributed by atoms with E-state index in [1.54, 1.807) is 0 Å². The third kappa shape index (κ3) is 5.49. The molecule has 6 aromatic carbocycles. The molecule has 0 saturated heterocycles. The highest BCUT2D eigenvalue weighted by Gasteiger charge is 2.14. The Kier molecular flexibility index (Phi) is 7.22. The zero-order valence-corrected chi connectivity index (χ0v) is 25.2. The van der Waals surface area contributed by atoms with Crippen LogP contribution in [0.1, 0.15) is 0 Å². The van der Waals surface area contributed by atoms with Gasteiger partial charge in [-0.3, -0.25) is 0 Å². The number of aromatic nitrogens is 2. The van der Waals surface area contributed by atoms with Crippen molar-refractivity contribution >= 4 is 10.9 Å². The second-order valence-electron chi connectivity index (χ2n) is 11.5. The molecule has 2 aromatic heterocycles. The second kappa shape index (κ2) is 12.1. The largest absolute Gasteiger partial charge is 0.248 e. The van der Waals surface area contributed by atoms with Gasteiger partial charge in [0.2, 0.25) is 0 Å². The van der Waals surface area contributed by atoms with Crippen molar-refractivity contribution in [1.82, 2.24) is 9.97 Å². The van der Waals surface area contributed by atoms with Gasteiger partial charge >= 0.3 is 0 Å². The number of nitrogens with zero attached hydrogens (tertiary/aromatic N) is 2. The molecule has 0 unspecified atom stereocenters. The highest BCUT2D eigenvalue weighted by atomic mass is 14.7. The summed E-state index contributed by atoms with van der Waals surface area (Å²) in [5, 5.41) is 1.13. The van der Waals surface area contributed by atoms with E-state index in [0.29, 0.717) is 0 Å². The fraction of sp³-hybridized carbons (Fsp3) is 0. The molecule has 0 N–H and O–H groups in total. The Balaban J connectivity index is 1.32. The van der Waals surface area contributed by atoms with E-state index in [9.17, 15) is 0 Å². The summed E-state index contributed by atoms with van der Waals surface area (Å²) < 4.78 is 0. The highest BCUT2D eigenvalue weighted by molar-refractivity contribution is 5.99. The molecule has 8 aromatic rings. The fourth-order valence-corrected chi connectivity index (χ4v) is 6.11. The lowest BCUT2D eigenvalue weighted by molar-refractivity contribution is 1.32. The number of hydrogen-bond donors (Lipinski definition) is 0. The zero-order chi connectivity index (χ0) is 30.7. The van der Waals surface area contributed by atoms with Crippen molar-refractivity contribution in [2.24, 2.45) is 0 Å². The molecule has 2 heteroatoms. The molecule has 0 saturated carbocycles. The van der Waals surface area contributed by atoms with E-state index in [2.05, 4.69) is 164 Å². The van der Waals surface area contributed by atoms with Gasteiger partial charge in [0.1, 0.15) is 0 Å². The van der Waals surface area contributed by atoms with Gasteiger partial charge in [-0.15, -0.1) is 0 Å². The summed E-state index contributed by atoms with van der Waals surface area (Å²) >= 11 is 0. The standard InChI is InChI=1S/C44H30N2/c1-5-14-31(15-6-1)36-24-25-41-40(27-36)39(30-44(45-41)34-20-11-4-12-21-34)37-23-13-22-35(26-37)38-28-42(32-16-7-2-8-17-32)46-43(29-38)33-18-9-3-10-19-33/h1-30H. The quantitative estimate of drug-likeness (QED) is 0.194. The molecule has 0 amide bonds. The van der Waals surface area contributed by atoms with Crippen LogP contribution < -0.4 is 0 Å². The molecule has 0 aliphatic carbocycles. The average molecular weight is 587 g/mol. The van der Waals surface area contributed by atoms with E-state index in [4.69, 9.17) is 9.97 Å². The van der Waals surface area contributed by atoms with Crippen LogP contribution in [0.15, 0.2) is 182 Å². The molecule has 0 aliphatic heterocycles. The van der Waals surface area contributed by atoms with Crippen LogP contribution in [0, 0.1) is 0 Å². The van der Waals surface area contributed by atoms with E-state index in [1.807, 2.05) is 18.2 Å². The van der Waals surface area contributed by atoms with Gasteiger partial charge in [0.05, 0.1) is 22.6 Å². The zero-order valence-electron chi connectivity index (χ0n) is 25.2. The van der Waals surface area contributed by atoms with Crippen molar-refractivity contribution in [3.8, 4) is 67.2 Å². The van der Waals surface area contributed by atoms with Crippen molar-refractivity contribution in [3.63, 3.8) is 0 Å². The maximum Gasteiger partial charge on any atom is 0.0716 e. The number of rotatable bonds is 6. The Bertz CT molecular complexity index is 2220. The minimum Gasteiger partial charge on any atom is -0.248 e. The lowest BCUT2D eigenvalue weighted by atomic mass is 9.93. The van der Waals surface area contributed by atoms with Crippen LogP contribution >= 0.6 is 0 Å². The Morgan fingerprint density at radius 3 is 1.28 bits per heavy atom. The second-order valence-corrected chi connectivity index (χ2v) is 11.5. The summed E-state index contributed by atoms with van der Waals surface area (Å²) in [7, 11) is 0. The molecule has 216 valence electrons. The first-order chi connectivity index (χ1) is 22.8. The van der Waals surface area contributed by atoms with E-state index in [0.717, 1.165) is 66.9 Å². The third-order valence-electron chi connectivity index (χ3n) is 8.46. The minimum absolute atomic E-state index is 0.954. The summed E-state index contributed by atoms with van der Waals surface area (Å²) in [6.45, 7) is 0. The normalized spacial score (nSPS) is 11.0. The van der Waals surface area contributed by atoms with Crippen LogP contribution in [0.3, 0.4) is 0 Å². The van der Waals surface area contributed by atoms with Crippen LogP contribution in [-0.2, 0) is 0 Å².